The van der Waals surface area contributed by atoms with E-state index in [4.69, 9.17) is 0 Å². The van der Waals surface area contributed by atoms with Gasteiger partial charge in [-0.1, -0.05) is 0 Å². The summed E-state index contributed by atoms with van der Waals surface area (Å²) in [5, 5.41) is 6.03. The van der Waals surface area contributed by atoms with Crippen LogP contribution in [0.15, 0.2) is 29.3 Å². The Balaban J connectivity index is 0.00000133. The number of amides is 1. The number of hydrogen-bond donors (Lipinski definition) is 2. The minimum Gasteiger partial charge on any atom is -0.317 e. The van der Waals surface area contributed by atoms with Crippen LogP contribution in [0.2, 0.25) is 0 Å². The number of halogens is 2. The van der Waals surface area contributed by atoms with Gasteiger partial charge in [-0.3, -0.25) is 9.79 Å². The molecule has 3 rings (SSSR count). The molecule has 102 valence electrons. The Kier molecular flexibility index (Phi) is 3.87. The van der Waals surface area contributed by atoms with Crippen molar-refractivity contribution in [2.24, 2.45) is 4.99 Å². The summed E-state index contributed by atoms with van der Waals surface area (Å²) >= 11 is 0. The fourth-order valence-corrected chi connectivity index (χ4v) is 2.44. The Labute approximate surface area is 116 Å². The molecule has 4 nitrogen and oxygen atoms in total. The Hall–Kier alpha value is -1.46. The second kappa shape index (κ2) is 5.27. The third-order valence-corrected chi connectivity index (χ3v) is 3.53. The summed E-state index contributed by atoms with van der Waals surface area (Å²) in [4.78, 5) is 16.6. The predicted molar refractivity (Wildman–Crippen MR) is 73.2 cm³/mol. The molecule has 0 aliphatic carbocycles. The Morgan fingerprint density at radius 1 is 1.16 bits per heavy atom. The largest absolute Gasteiger partial charge is 0.317 e. The number of carbonyl (C=O) groups excluding carboxylic acids is 1. The van der Waals surface area contributed by atoms with E-state index in [0.717, 1.165) is 18.7 Å². The van der Waals surface area contributed by atoms with Gasteiger partial charge in [0, 0.05) is 5.56 Å². The molecule has 19 heavy (non-hydrogen) atoms. The maximum atomic E-state index is 12.9. The highest BCUT2D eigenvalue weighted by Crippen LogP contribution is 2.28. The lowest BCUT2D eigenvalue weighted by Crippen LogP contribution is -2.47. The molecule has 1 fully saturated rings. The van der Waals surface area contributed by atoms with Crippen LogP contribution in [-0.4, -0.2) is 30.4 Å². The molecule has 1 aromatic rings. The topological polar surface area (TPSA) is 53.5 Å². The van der Waals surface area contributed by atoms with Gasteiger partial charge in [0.05, 0.1) is 0 Å². The quantitative estimate of drug-likeness (QED) is 0.815. The van der Waals surface area contributed by atoms with Crippen molar-refractivity contribution in [2.75, 3.05) is 13.1 Å². The summed E-state index contributed by atoms with van der Waals surface area (Å²) < 4.78 is 12.9. The van der Waals surface area contributed by atoms with Crippen LogP contribution in [-0.2, 0) is 4.79 Å². The molecule has 2 heterocycles. The van der Waals surface area contributed by atoms with Crippen molar-refractivity contribution >= 4 is 24.1 Å². The lowest BCUT2D eigenvalue weighted by molar-refractivity contribution is -0.124. The van der Waals surface area contributed by atoms with Gasteiger partial charge in [0.2, 0.25) is 0 Å². The molecule has 0 atom stereocenters. The summed E-state index contributed by atoms with van der Waals surface area (Å²) in [6.07, 6.45) is 1.42. The van der Waals surface area contributed by atoms with Crippen molar-refractivity contribution < 1.29 is 9.18 Å². The van der Waals surface area contributed by atoms with Crippen molar-refractivity contribution in [3.05, 3.63) is 35.6 Å². The molecule has 0 aromatic heterocycles. The third-order valence-electron chi connectivity index (χ3n) is 3.53. The Morgan fingerprint density at radius 2 is 1.79 bits per heavy atom. The summed E-state index contributed by atoms with van der Waals surface area (Å²) in [7, 11) is 0. The summed E-state index contributed by atoms with van der Waals surface area (Å²) in [5.41, 5.74) is 0.134. The van der Waals surface area contributed by atoms with Gasteiger partial charge in [-0.15, -0.1) is 12.4 Å². The van der Waals surface area contributed by atoms with E-state index < -0.39 is 5.54 Å². The SMILES string of the molecule is Cl.O=C1NC(c2ccc(F)cc2)=NC12CCNCC2. The molecule has 1 saturated heterocycles. The lowest BCUT2D eigenvalue weighted by atomic mass is 9.89. The molecule has 0 bridgehead atoms. The first-order valence-electron chi connectivity index (χ1n) is 6.08. The average Bonchev–Trinajstić information content (AvgIpc) is 2.69. The molecule has 2 aliphatic heterocycles. The smallest absolute Gasteiger partial charge is 0.253 e. The first-order chi connectivity index (χ1) is 8.70. The van der Waals surface area contributed by atoms with Crippen LogP contribution in [0.3, 0.4) is 0 Å². The maximum absolute atomic E-state index is 12.9. The van der Waals surface area contributed by atoms with Crippen LogP contribution >= 0.6 is 12.4 Å². The molecule has 0 radical (unpaired) electrons. The highest BCUT2D eigenvalue weighted by molar-refractivity contribution is 6.15. The average molecular weight is 284 g/mol. The molecule has 0 saturated carbocycles. The van der Waals surface area contributed by atoms with Crippen LogP contribution in [0.4, 0.5) is 4.39 Å². The van der Waals surface area contributed by atoms with E-state index in [1.54, 1.807) is 12.1 Å². The molecular weight excluding hydrogens is 269 g/mol. The molecule has 6 heteroatoms. The van der Waals surface area contributed by atoms with E-state index in [-0.39, 0.29) is 24.1 Å². The van der Waals surface area contributed by atoms with E-state index in [2.05, 4.69) is 15.6 Å². The fourth-order valence-electron chi connectivity index (χ4n) is 2.44. The van der Waals surface area contributed by atoms with Crippen LogP contribution < -0.4 is 10.6 Å². The van der Waals surface area contributed by atoms with Gasteiger partial charge in [-0.05, 0) is 50.2 Å². The molecule has 1 amide bonds. The Bertz CT molecular complexity index is 509. The minimum atomic E-state index is -0.616. The van der Waals surface area contributed by atoms with E-state index in [9.17, 15) is 9.18 Å². The zero-order valence-corrected chi connectivity index (χ0v) is 11.1. The van der Waals surface area contributed by atoms with Crippen molar-refractivity contribution in [3.8, 4) is 0 Å². The monoisotopic (exact) mass is 283 g/mol. The normalized spacial score (nSPS) is 20.7. The Morgan fingerprint density at radius 3 is 2.42 bits per heavy atom. The van der Waals surface area contributed by atoms with Crippen molar-refractivity contribution in [3.63, 3.8) is 0 Å². The van der Waals surface area contributed by atoms with Crippen molar-refractivity contribution in [1.29, 1.82) is 0 Å². The summed E-state index contributed by atoms with van der Waals surface area (Å²) in [6, 6.07) is 6.01. The highest BCUT2D eigenvalue weighted by atomic mass is 35.5. The number of rotatable bonds is 1. The number of benzene rings is 1. The number of hydrogen-bond acceptors (Lipinski definition) is 3. The molecular formula is C13H15ClFN3O. The van der Waals surface area contributed by atoms with E-state index in [1.165, 1.54) is 12.1 Å². The standard InChI is InChI=1S/C13H14FN3O.ClH/c14-10-3-1-9(2-4-10)11-16-12(18)13(17-11)5-7-15-8-6-13;/h1-4,15H,5-8H2,(H,16,17,18);1H. The van der Waals surface area contributed by atoms with Gasteiger partial charge in [0.15, 0.2) is 0 Å². The third kappa shape index (κ3) is 2.48. The molecule has 2 aliphatic rings. The second-order valence-electron chi connectivity index (χ2n) is 4.70. The van der Waals surface area contributed by atoms with Gasteiger partial charge >= 0.3 is 0 Å². The zero-order valence-electron chi connectivity index (χ0n) is 10.3. The first kappa shape index (κ1) is 14.0. The van der Waals surface area contributed by atoms with Crippen LogP contribution in [0, 0.1) is 5.82 Å². The summed E-state index contributed by atoms with van der Waals surface area (Å²) in [6.45, 7) is 1.60. The molecule has 1 aromatic carbocycles. The van der Waals surface area contributed by atoms with Crippen LogP contribution in [0.5, 0.6) is 0 Å². The number of nitrogens with zero attached hydrogens (tertiary/aromatic N) is 1. The van der Waals surface area contributed by atoms with Crippen LogP contribution in [0.1, 0.15) is 18.4 Å². The fraction of sp³-hybridized carbons (Fsp3) is 0.385. The number of nitrogens with one attached hydrogen (secondary N) is 2. The minimum absolute atomic E-state index is 0. The van der Waals surface area contributed by atoms with Gasteiger partial charge < -0.3 is 10.6 Å². The van der Waals surface area contributed by atoms with E-state index in [0.29, 0.717) is 18.7 Å². The number of piperidine rings is 1. The molecule has 2 N–H and O–H groups in total. The first-order valence-corrected chi connectivity index (χ1v) is 6.08. The number of aliphatic imine (C=N–C) groups is 1. The predicted octanol–water partition coefficient (Wildman–Crippen LogP) is 1.25. The maximum Gasteiger partial charge on any atom is 0.253 e. The second-order valence-corrected chi connectivity index (χ2v) is 4.70. The zero-order chi connectivity index (χ0) is 12.6. The van der Waals surface area contributed by atoms with Crippen LogP contribution in [0.25, 0.3) is 0 Å². The lowest BCUT2D eigenvalue weighted by Gasteiger charge is -2.28. The summed E-state index contributed by atoms with van der Waals surface area (Å²) in [5.74, 6) is 0.227. The number of amidine groups is 1. The molecule has 1 spiro atoms. The highest BCUT2D eigenvalue weighted by Gasteiger charge is 2.44. The van der Waals surface area contributed by atoms with Crippen molar-refractivity contribution in [1.82, 2.24) is 10.6 Å². The van der Waals surface area contributed by atoms with Gasteiger partial charge in [-0.25, -0.2) is 4.39 Å². The van der Waals surface area contributed by atoms with Gasteiger partial charge in [0.1, 0.15) is 17.2 Å². The van der Waals surface area contributed by atoms with Gasteiger partial charge in [-0.2, -0.15) is 0 Å². The molecule has 0 unspecified atom stereocenters. The van der Waals surface area contributed by atoms with E-state index in [1.807, 2.05) is 0 Å². The number of carbonyl (C=O) groups is 1. The van der Waals surface area contributed by atoms with E-state index >= 15 is 0 Å². The van der Waals surface area contributed by atoms with Gasteiger partial charge in [0.25, 0.3) is 5.91 Å². The van der Waals surface area contributed by atoms with Crippen molar-refractivity contribution in [2.45, 2.75) is 18.4 Å².